The standard InChI is InChI=1S/C12H16N2O2S/c13-11-3-9-5-12(14-6-10(9)4-11)8-1-2-17(15,16)7-8/h5-6,8,11H,1-4,7,13H2. The molecule has 1 saturated heterocycles. The van der Waals surface area contributed by atoms with Crippen LogP contribution in [-0.4, -0.2) is 30.9 Å². The molecule has 1 fully saturated rings. The molecule has 0 bridgehead atoms. The number of hydrogen-bond donors (Lipinski definition) is 1. The summed E-state index contributed by atoms with van der Waals surface area (Å²) in [4.78, 5) is 4.41. The summed E-state index contributed by atoms with van der Waals surface area (Å²) in [7, 11) is -2.83. The summed E-state index contributed by atoms with van der Waals surface area (Å²) < 4.78 is 22.9. The molecule has 0 radical (unpaired) electrons. The lowest BCUT2D eigenvalue weighted by atomic mass is 10.0. The van der Waals surface area contributed by atoms with E-state index in [2.05, 4.69) is 11.1 Å². The van der Waals surface area contributed by atoms with Crippen molar-refractivity contribution in [3.63, 3.8) is 0 Å². The summed E-state index contributed by atoms with van der Waals surface area (Å²) in [6.45, 7) is 0. The summed E-state index contributed by atoms with van der Waals surface area (Å²) >= 11 is 0. The van der Waals surface area contributed by atoms with Gasteiger partial charge in [-0.1, -0.05) is 0 Å². The van der Waals surface area contributed by atoms with Crippen molar-refractivity contribution in [2.45, 2.75) is 31.2 Å². The van der Waals surface area contributed by atoms with E-state index in [0.717, 1.165) is 18.5 Å². The number of hydrogen-bond acceptors (Lipinski definition) is 4. The van der Waals surface area contributed by atoms with Crippen LogP contribution in [0.1, 0.15) is 29.2 Å². The zero-order valence-corrected chi connectivity index (χ0v) is 10.4. The first-order chi connectivity index (χ1) is 8.03. The molecular weight excluding hydrogens is 236 g/mol. The third kappa shape index (κ3) is 2.09. The van der Waals surface area contributed by atoms with E-state index in [1.807, 2.05) is 6.20 Å². The minimum absolute atomic E-state index is 0.0853. The van der Waals surface area contributed by atoms with Crippen LogP contribution in [-0.2, 0) is 22.7 Å². The lowest BCUT2D eigenvalue weighted by molar-refractivity contribution is 0.601. The fraction of sp³-hybridized carbons (Fsp3) is 0.583. The van der Waals surface area contributed by atoms with Crippen molar-refractivity contribution >= 4 is 9.84 Å². The van der Waals surface area contributed by atoms with E-state index in [0.29, 0.717) is 12.2 Å². The molecule has 1 aliphatic carbocycles. The van der Waals surface area contributed by atoms with Crippen LogP contribution in [0.25, 0.3) is 0 Å². The van der Waals surface area contributed by atoms with Crippen LogP contribution in [0.15, 0.2) is 12.3 Å². The highest BCUT2D eigenvalue weighted by Gasteiger charge is 2.30. The first-order valence-electron chi connectivity index (χ1n) is 5.97. The lowest BCUT2D eigenvalue weighted by Gasteiger charge is -2.08. The second kappa shape index (κ2) is 3.78. The third-order valence-electron chi connectivity index (χ3n) is 3.72. The smallest absolute Gasteiger partial charge is 0.151 e. The normalized spacial score (nSPS) is 30.4. The molecular formula is C12H16N2O2S. The van der Waals surface area contributed by atoms with Gasteiger partial charge >= 0.3 is 0 Å². The first kappa shape index (κ1) is 11.2. The summed E-state index contributed by atoms with van der Waals surface area (Å²) in [5.41, 5.74) is 9.32. The van der Waals surface area contributed by atoms with Crippen molar-refractivity contribution in [1.82, 2.24) is 4.98 Å². The van der Waals surface area contributed by atoms with Gasteiger partial charge in [-0.05, 0) is 36.5 Å². The average Bonchev–Trinajstić information content (AvgIpc) is 2.78. The number of nitrogens with zero attached hydrogens (tertiary/aromatic N) is 1. The van der Waals surface area contributed by atoms with Gasteiger partial charge in [0.15, 0.2) is 9.84 Å². The van der Waals surface area contributed by atoms with Crippen LogP contribution >= 0.6 is 0 Å². The molecule has 2 unspecified atom stereocenters. The van der Waals surface area contributed by atoms with Crippen molar-refractivity contribution < 1.29 is 8.42 Å². The monoisotopic (exact) mass is 252 g/mol. The van der Waals surface area contributed by atoms with Crippen LogP contribution in [0.5, 0.6) is 0 Å². The zero-order chi connectivity index (χ0) is 12.0. The minimum Gasteiger partial charge on any atom is -0.327 e. The Morgan fingerprint density at radius 1 is 1.29 bits per heavy atom. The average molecular weight is 252 g/mol. The fourth-order valence-corrected chi connectivity index (χ4v) is 4.57. The van der Waals surface area contributed by atoms with Crippen LogP contribution < -0.4 is 5.73 Å². The van der Waals surface area contributed by atoms with Crippen LogP contribution in [0, 0.1) is 0 Å². The van der Waals surface area contributed by atoms with E-state index in [-0.39, 0.29) is 17.7 Å². The highest BCUT2D eigenvalue weighted by molar-refractivity contribution is 7.91. The van der Waals surface area contributed by atoms with E-state index >= 15 is 0 Å². The van der Waals surface area contributed by atoms with E-state index in [1.165, 1.54) is 11.1 Å². The van der Waals surface area contributed by atoms with Gasteiger partial charge in [-0.2, -0.15) is 0 Å². The molecule has 2 aliphatic rings. The second-order valence-electron chi connectivity index (χ2n) is 5.15. The molecule has 2 N–H and O–H groups in total. The molecule has 5 heteroatoms. The summed E-state index contributed by atoms with van der Waals surface area (Å²) in [6, 6.07) is 2.27. The molecule has 2 atom stereocenters. The van der Waals surface area contributed by atoms with Gasteiger partial charge in [-0.15, -0.1) is 0 Å². The number of pyridine rings is 1. The Labute approximate surface area is 101 Å². The molecule has 1 aromatic rings. The maximum atomic E-state index is 11.5. The Bertz CT molecular complexity index is 554. The molecule has 4 nitrogen and oxygen atoms in total. The van der Waals surface area contributed by atoms with Crippen molar-refractivity contribution in [3.05, 3.63) is 29.1 Å². The van der Waals surface area contributed by atoms with Gasteiger partial charge in [0.25, 0.3) is 0 Å². The molecule has 0 amide bonds. The molecule has 1 aromatic heterocycles. The molecule has 1 aliphatic heterocycles. The fourth-order valence-electron chi connectivity index (χ4n) is 2.81. The predicted octanol–water partition coefficient (Wildman–Crippen LogP) is 0.410. The van der Waals surface area contributed by atoms with Gasteiger partial charge < -0.3 is 5.73 Å². The van der Waals surface area contributed by atoms with E-state index in [1.54, 1.807) is 0 Å². The van der Waals surface area contributed by atoms with Crippen LogP contribution in [0.4, 0.5) is 0 Å². The molecule has 0 spiro atoms. The summed E-state index contributed by atoms with van der Waals surface area (Å²) in [5.74, 6) is 0.642. The van der Waals surface area contributed by atoms with Gasteiger partial charge in [-0.3, -0.25) is 4.98 Å². The number of nitrogens with two attached hydrogens (primary N) is 1. The second-order valence-corrected chi connectivity index (χ2v) is 7.37. The van der Waals surface area contributed by atoms with E-state index in [4.69, 9.17) is 5.73 Å². The topological polar surface area (TPSA) is 73.0 Å². The number of fused-ring (bicyclic) bond motifs is 1. The Morgan fingerprint density at radius 2 is 2.06 bits per heavy atom. The van der Waals surface area contributed by atoms with Gasteiger partial charge in [0, 0.05) is 23.9 Å². The van der Waals surface area contributed by atoms with Gasteiger partial charge in [0.05, 0.1) is 11.5 Å². The van der Waals surface area contributed by atoms with E-state index < -0.39 is 9.84 Å². The molecule has 3 rings (SSSR count). The highest BCUT2D eigenvalue weighted by atomic mass is 32.2. The van der Waals surface area contributed by atoms with Crippen LogP contribution in [0.3, 0.4) is 0 Å². The van der Waals surface area contributed by atoms with Crippen molar-refractivity contribution in [2.24, 2.45) is 5.73 Å². The molecule has 2 heterocycles. The quantitative estimate of drug-likeness (QED) is 0.785. The molecule has 17 heavy (non-hydrogen) atoms. The van der Waals surface area contributed by atoms with E-state index in [9.17, 15) is 8.42 Å². The third-order valence-corrected chi connectivity index (χ3v) is 5.49. The maximum absolute atomic E-state index is 11.5. The Balaban J connectivity index is 1.89. The molecule has 0 aromatic carbocycles. The number of sulfone groups is 1. The largest absolute Gasteiger partial charge is 0.327 e. The van der Waals surface area contributed by atoms with Gasteiger partial charge in [0.2, 0.25) is 0 Å². The van der Waals surface area contributed by atoms with Crippen molar-refractivity contribution in [1.29, 1.82) is 0 Å². The predicted molar refractivity (Wildman–Crippen MR) is 65.6 cm³/mol. The Hall–Kier alpha value is -0.940. The molecule has 0 saturated carbocycles. The number of aromatic nitrogens is 1. The summed E-state index contributed by atoms with van der Waals surface area (Å²) in [6.07, 6.45) is 4.37. The Morgan fingerprint density at radius 3 is 2.76 bits per heavy atom. The summed E-state index contributed by atoms with van der Waals surface area (Å²) in [5, 5.41) is 0. The SMILES string of the molecule is NC1Cc2cnc(C3CCS(=O)(=O)C3)cc2C1. The van der Waals surface area contributed by atoms with Crippen LogP contribution in [0.2, 0.25) is 0 Å². The van der Waals surface area contributed by atoms with Gasteiger partial charge in [-0.25, -0.2) is 8.42 Å². The highest BCUT2D eigenvalue weighted by Crippen LogP contribution is 2.30. The zero-order valence-electron chi connectivity index (χ0n) is 9.59. The van der Waals surface area contributed by atoms with Crippen molar-refractivity contribution in [2.75, 3.05) is 11.5 Å². The molecule has 92 valence electrons. The Kier molecular flexibility index (Phi) is 2.48. The maximum Gasteiger partial charge on any atom is 0.151 e. The minimum atomic E-state index is -2.83. The van der Waals surface area contributed by atoms with Crippen molar-refractivity contribution in [3.8, 4) is 0 Å². The first-order valence-corrected chi connectivity index (χ1v) is 7.79. The number of rotatable bonds is 1. The lowest BCUT2D eigenvalue weighted by Crippen LogP contribution is -2.19. The van der Waals surface area contributed by atoms with Gasteiger partial charge in [0.1, 0.15) is 0 Å².